The lowest BCUT2D eigenvalue weighted by Gasteiger charge is -2.33. The Morgan fingerprint density at radius 3 is 2.45 bits per heavy atom. The van der Waals surface area contributed by atoms with Gasteiger partial charge >= 0.3 is 7.12 Å². The minimum absolute atomic E-state index is 0.195. The van der Waals surface area contributed by atoms with Gasteiger partial charge in [0.1, 0.15) is 5.82 Å². The first-order valence-electron chi connectivity index (χ1n) is 7.32. The van der Waals surface area contributed by atoms with E-state index in [1.165, 1.54) is 31.7 Å². The molecule has 0 amide bonds. The third-order valence-electron chi connectivity index (χ3n) is 4.40. The van der Waals surface area contributed by atoms with Crippen molar-refractivity contribution in [3.8, 4) is 0 Å². The fourth-order valence-corrected chi connectivity index (χ4v) is 2.93. The predicted molar refractivity (Wildman–Crippen MR) is 79.1 cm³/mol. The van der Waals surface area contributed by atoms with Crippen molar-refractivity contribution in [2.24, 2.45) is 5.92 Å². The molecule has 1 fully saturated rings. The van der Waals surface area contributed by atoms with Crippen molar-refractivity contribution in [1.29, 1.82) is 0 Å². The van der Waals surface area contributed by atoms with Crippen molar-refractivity contribution in [2.45, 2.75) is 45.2 Å². The average molecular weight is 279 g/mol. The highest BCUT2D eigenvalue weighted by Crippen LogP contribution is 2.27. The number of rotatable bonds is 4. The number of nitrogens with zero attached hydrogens (tertiary/aromatic N) is 1. The molecule has 1 saturated carbocycles. The molecule has 2 N–H and O–H groups in total. The molecule has 3 nitrogen and oxygen atoms in total. The zero-order valence-electron chi connectivity index (χ0n) is 12.2. The molecule has 0 bridgehead atoms. The first-order valence-corrected chi connectivity index (χ1v) is 7.32. The summed E-state index contributed by atoms with van der Waals surface area (Å²) in [5, 5.41) is 18.1. The molecule has 20 heavy (non-hydrogen) atoms. The molecule has 1 aliphatic carbocycles. The SMILES string of the molecule is CC1CCC(N(C)Cc2ccc(B(O)O)cc2F)CC1. The molecule has 0 atom stereocenters. The first-order chi connectivity index (χ1) is 9.47. The van der Waals surface area contributed by atoms with E-state index in [4.69, 9.17) is 10.0 Å². The van der Waals surface area contributed by atoms with E-state index >= 15 is 0 Å². The van der Waals surface area contributed by atoms with Crippen molar-refractivity contribution >= 4 is 12.6 Å². The van der Waals surface area contributed by atoms with E-state index in [2.05, 4.69) is 11.8 Å². The molecule has 0 radical (unpaired) electrons. The van der Waals surface area contributed by atoms with Crippen LogP contribution in [0.4, 0.5) is 4.39 Å². The highest BCUT2D eigenvalue weighted by molar-refractivity contribution is 6.58. The minimum Gasteiger partial charge on any atom is -0.423 e. The molecule has 110 valence electrons. The lowest BCUT2D eigenvalue weighted by Crippen LogP contribution is -2.35. The van der Waals surface area contributed by atoms with Crippen molar-refractivity contribution in [1.82, 2.24) is 4.90 Å². The topological polar surface area (TPSA) is 43.7 Å². The molecule has 1 aliphatic rings. The maximum Gasteiger partial charge on any atom is 0.488 e. The monoisotopic (exact) mass is 279 g/mol. The van der Waals surface area contributed by atoms with Crippen LogP contribution < -0.4 is 5.46 Å². The van der Waals surface area contributed by atoms with Crippen molar-refractivity contribution in [3.63, 3.8) is 0 Å². The van der Waals surface area contributed by atoms with Gasteiger partial charge in [-0.05, 0) is 50.2 Å². The fourth-order valence-electron chi connectivity index (χ4n) is 2.93. The summed E-state index contributed by atoms with van der Waals surface area (Å²) in [4.78, 5) is 2.21. The summed E-state index contributed by atoms with van der Waals surface area (Å²) in [5.74, 6) is 0.438. The standard InChI is InChI=1S/C15H23BFNO2/c1-11-3-7-14(8-4-11)18(2)10-12-5-6-13(16(19)20)9-15(12)17/h5-6,9,11,14,19-20H,3-4,7-8,10H2,1-2H3. The Morgan fingerprint density at radius 1 is 1.25 bits per heavy atom. The van der Waals surface area contributed by atoms with E-state index in [-0.39, 0.29) is 11.3 Å². The maximum atomic E-state index is 14.0. The molecule has 2 rings (SSSR count). The summed E-state index contributed by atoms with van der Waals surface area (Å²) in [7, 11) is 0.422. The summed E-state index contributed by atoms with van der Waals surface area (Å²) in [5.41, 5.74) is 0.802. The van der Waals surface area contributed by atoms with Crippen LogP contribution in [0.25, 0.3) is 0 Å². The molecule has 1 aromatic carbocycles. The van der Waals surface area contributed by atoms with Gasteiger partial charge in [-0.3, -0.25) is 4.90 Å². The highest BCUT2D eigenvalue weighted by atomic mass is 19.1. The lowest BCUT2D eigenvalue weighted by molar-refractivity contribution is 0.162. The average Bonchev–Trinajstić information content (AvgIpc) is 2.41. The molecule has 0 aromatic heterocycles. The molecule has 0 heterocycles. The van der Waals surface area contributed by atoms with Crippen LogP contribution in [0.5, 0.6) is 0 Å². The Bertz CT molecular complexity index is 447. The highest BCUT2D eigenvalue weighted by Gasteiger charge is 2.22. The van der Waals surface area contributed by atoms with Crippen molar-refractivity contribution in [2.75, 3.05) is 7.05 Å². The third-order valence-corrected chi connectivity index (χ3v) is 4.40. The summed E-state index contributed by atoms with van der Waals surface area (Å²) in [6, 6.07) is 4.94. The van der Waals surface area contributed by atoms with Crippen LogP contribution in [0.15, 0.2) is 18.2 Å². The predicted octanol–water partition coefficient (Wildman–Crippen LogP) is 1.52. The number of benzene rings is 1. The Hall–Kier alpha value is -0.905. The van der Waals surface area contributed by atoms with Crippen molar-refractivity contribution in [3.05, 3.63) is 29.6 Å². The number of halogens is 1. The Balaban J connectivity index is 1.99. The molecule has 0 saturated heterocycles. The van der Waals surface area contributed by atoms with Crippen LogP contribution in [-0.4, -0.2) is 35.2 Å². The van der Waals surface area contributed by atoms with Gasteiger partial charge < -0.3 is 10.0 Å². The van der Waals surface area contributed by atoms with Crippen LogP contribution in [0.2, 0.25) is 0 Å². The van der Waals surface area contributed by atoms with E-state index in [1.807, 2.05) is 7.05 Å². The van der Waals surface area contributed by atoms with Gasteiger partial charge in [0.25, 0.3) is 0 Å². The van der Waals surface area contributed by atoms with Gasteiger partial charge in [0, 0.05) is 18.2 Å². The van der Waals surface area contributed by atoms with Gasteiger partial charge in [-0.25, -0.2) is 4.39 Å². The minimum atomic E-state index is -1.61. The zero-order chi connectivity index (χ0) is 14.7. The molecule has 0 spiro atoms. The largest absolute Gasteiger partial charge is 0.488 e. The summed E-state index contributed by atoms with van der Waals surface area (Å²) < 4.78 is 14.0. The number of hydrogen-bond acceptors (Lipinski definition) is 3. The third kappa shape index (κ3) is 3.81. The summed E-state index contributed by atoms with van der Waals surface area (Å²) in [6.45, 7) is 2.85. The van der Waals surface area contributed by atoms with E-state index in [0.717, 1.165) is 5.92 Å². The van der Waals surface area contributed by atoms with Gasteiger partial charge in [0.15, 0.2) is 0 Å². The first kappa shape index (κ1) is 15.5. The zero-order valence-corrected chi connectivity index (χ0v) is 12.2. The lowest BCUT2D eigenvalue weighted by atomic mass is 9.80. The molecule has 5 heteroatoms. The summed E-state index contributed by atoms with van der Waals surface area (Å²) >= 11 is 0. The van der Waals surface area contributed by atoms with Gasteiger partial charge in [0.05, 0.1) is 0 Å². The van der Waals surface area contributed by atoms with Crippen LogP contribution in [0.3, 0.4) is 0 Å². The van der Waals surface area contributed by atoms with Gasteiger partial charge in [-0.2, -0.15) is 0 Å². The molecule has 1 aromatic rings. The van der Waals surface area contributed by atoms with Crippen LogP contribution in [0.1, 0.15) is 38.2 Å². The van der Waals surface area contributed by atoms with E-state index in [9.17, 15) is 4.39 Å². The Morgan fingerprint density at radius 2 is 1.90 bits per heavy atom. The Labute approximate surface area is 120 Å². The van der Waals surface area contributed by atoms with Crippen LogP contribution in [0, 0.1) is 11.7 Å². The van der Waals surface area contributed by atoms with E-state index in [0.29, 0.717) is 18.2 Å². The maximum absolute atomic E-state index is 14.0. The van der Waals surface area contributed by atoms with Crippen molar-refractivity contribution < 1.29 is 14.4 Å². The van der Waals surface area contributed by atoms with E-state index in [1.54, 1.807) is 12.1 Å². The Kier molecular flexibility index (Phi) is 5.19. The van der Waals surface area contributed by atoms with Gasteiger partial charge in [0.2, 0.25) is 0 Å². The second kappa shape index (κ2) is 6.70. The second-order valence-electron chi connectivity index (χ2n) is 6.05. The second-order valence-corrected chi connectivity index (χ2v) is 6.05. The fraction of sp³-hybridized carbons (Fsp3) is 0.600. The van der Waals surface area contributed by atoms with E-state index < -0.39 is 7.12 Å². The molecule has 0 aliphatic heterocycles. The summed E-state index contributed by atoms with van der Waals surface area (Å²) in [6.07, 6.45) is 4.83. The van der Waals surface area contributed by atoms with Gasteiger partial charge in [-0.1, -0.05) is 19.1 Å². The smallest absolute Gasteiger partial charge is 0.423 e. The van der Waals surface area contributed by atoms with Crippen LogP contribution in [-0.2, 0) is 6.54 Å². The quantitative estimate of drug-likeness (QED) is 0.821. The molecule has 0 unspecified atom stereocenters. The normalized spacial score (nSPS) is 23.1. The van der Waals surface area contributed by atoms with Crippen LogP contribution >= 0.6 is 0 Å². The van der Waals surface area contributed by atoms with Gasteiger partial charge in [-0.15, -0.1) is 0 Å². The number of hydrogen-bond donors (Lipinski definition) is 2. The molecular formula is C15H23BFNO2. The molecular weight excluding hydrogens is 256 g/mol.